The molecule has 0 aliphatic heterocycles. The standard InChI is InChI=1S/2Mo.H2O2S10.2H2O.4O/c;;1-3-5-7-9-11-12-10-8-6-4-2;;;;;;/h;;1-2H;2*1H2;;;;/q2*+2;;;;;;;/p-4. The fourth-order valence-corrected chi connectivity index (χ4v) is 25.7. The zero-order valence-corrected chi connectivity index (χ0v) is 20.4. The molecule has 0 saturated heterocycles. The van der Waals surface area contributed by atoms with Crippen LogP contribution < -0.4 is 0 Å². The second-order valence-corrected chi connectivity index (χ2v) is 23.4. The fraction of sp³-hybridized carbons (Fsp3) is 0. The molecule has 20 heavy (non-hydrogen) atoms. The van der Waals surface area contributed by atoms with Crippen LogP contribution in [0.2, 0.25) is 0 Å². The van der Waals surface area contributed by atoms with Crippen molar-refractivity contribution in [1.29, 1.82) is 0 Å². The zero-order chi connectivity index (χ0) is 15.5. The van der Waals surface area contributed by atoms with Gasteiger partial charge in [-0.25, -0.2) is 0 Å². The predicted octanol–water partition coefficient (Wildman–Crippen LogP) is 4.75. The van der Waals surface area contributed by atoms with Crippen LogP contribution in [0.4, 0.5) is 0 Å². The van der Waals surface area contributed by atoms with E-state index < -0.39 is 33.5 Å². The van der Waals surface area contributed by atoms with E-state index in [2.05, 4.69) is 5.67 Å². The van der Waals surface area contributed by atoms with Crippen molar-refractivity contribution in [3.8, 4) is 0 Å². The first kappa shape index (κ1) is 23.9. The molecule has 0 bridgehead atoms. The summed E-state index contributed by atoms with van der Waals surface area (Å²) in [4.78, 5) is 0. The SMILES string of the molecule is [O]=[Mo](=[O])([OH])[O]SSSSSSSSSS[O][Mo](=[O])(=[O])[OH]. The molecule has 0 heterocycles. The summed E-state index contributed by atoms with van der Waals surface area (Å²) in [6, 6.07) is 0. The van der Waals surface area contributed by atoms with E-state index in [0.717, 1.165) is 19.7 Å². The van der Waals surface area contributed by atoms with E-state index in [1.807, 2.05) is 0 Å². The van der Waals surface area contributed by atoms with E-state index in [9.17, 15) is 13.6 Å². The van der Waals surface area contributed by atoms with Gasteiger partial charge in [0.05, 0.1) is 0 Å². The first-order valence-corrected chi connectivity index (χ1v) is 22.6. The Morgan fingerprint density at radius 1 is 0.550 bits per heavy atom. The molecule has 0 aromatic rings. The maximum atomic E-state index is 10.3. The third kappa shape index (κ3) is 21.9. The van der Waals surface area contributed by atoms with Crippen molar-refractivity contribution in [2.24, 2.45) is 0 Å². The molecule has 0 unspecified atom stereocenters. The summed E-state index contributed by atoms with van der Waals surface area (Å²) in [6.07, 6.45) is 0. The van der Waals surface area contributed by atoms with Crippen LogP contribution >= 0.6 is 101 Å². The predicted molar refractivity (Wildman–Crippen MR) is 85.3 cm³/mol. The quantitative estimate of drug-likeness (QED) is 0.124. The van der Waals surface area contributed by atoms with Gasteiger partial charge < -0.3 is 0 Å². The summed E-state index contributed by atoms with van der Waals surface area (Å²) in [5, 5.41) is 0. The average Bonchev–Trinajstić information content (AvgIpc) is 2.27. The molecule has 0 saturated carbocycles. The molecule has 0 spiro atoms. The van der Waals surface area contributed by atoms with Crippen LogP contribution in [0, 0.1) is 0 Å². The molecule has 0 amide bonds. The van der Waals surface area contributed by atoms with Gasteiger partial charge in [0.15, 0.2) is 0 Å². The molecule has 0 fully saturated rings. The summed E-state index contributed by atoms with van der Waals surface area (Å²) < 4.78 is 65.9. The van der Waals surface area contributed by atoms with E-state index in [1.54, 1.807) is 0 Å². The monoisotopic (exact) mass is 646 g/mol. The average molecular weight is 643 g/mol. The minimum absolute atomic E-state index is 0.569. The molecule has 0 aromatic carbocycles. The summed E-state index contributed by atoms with van der Waals surface area (Å²) in [5.74, 6) is 0. The molecular formula is H2Mo2O8S10. The molecule has 20 heteroatoms. The van der Waals surface area contributed by atoms with Crippen molar-refractivity contribution in [2.75, 3.05) is 0 Å². The Hall–Kier alpha value is 3.92. The van der Waals surface area contributed by atoms with E-state index in [0.29, 0.717) is 22.1 Å². The minimum atomic E-state index is -5.42. The number of hydrogen-bond donors (Lipinski definition) is 2. The van der Waals surface area contributed by atoms with Crippen LogP contribution in [-0.2, 0) is 52.8 Å². The normalized spacial score (nSPS) is 12.7. The third-order valence-electron chi connectivity index (χ3n) is 0.478. The van der Waals surface area contributed by atoms with Gasteiger partial charge in [0.25, 0.3) is 0 Å². The summed E-state index contributed by atoms with van der Waals surface area (Å²) in [7, 11) is 10.1. The number of hydrogen-bond acceptors (Lipinski definition) is 16. The van der Waals surface area contributed by atoms with Crippen molar-refractivity contribution in [2.45, 2.75) is 0 Å². The van der Waals surface area contributed by atoms with Gasteiger partial charge in [0.1, 0.15) is 0 Å². The summed E-state index contributed by atoms with van der Waals surface area (Å²) >= 11 is -9.70. The molecule has 0 aliphatic rings. The summed E-state index contributed by atoms with van der Waals surface area (Å²) in [5.41, 5.74) is 0. The van der Waals surface area contributed by atoms with Gasteiger partial charge in [-0.1, -0.05) is 0 Å². The number of rotatable bonds is 13. The molecular weight excluding hydrogens is 641 g/mol. The zero-order valence-electron chi connectivity index (χ0n) is 8.24. The van der Waals surface area contributed by atoms with E-state index in [-0.39, 0.29) is 0 Å². The van der Waals surface area contributed by atoms with Gasteiger partial charge >= 0.3 is 161 Å². The Morgan fingerprint density at radius 2 is 0.800 bits per heavy atom. The topological polar surface area (TPSA) is 127 Å². The van der Waals surface area contributed by atoms with Gasteiger partial charge in [-0.3, -0.25) is 0 Å². The van der Waals surface area contributed by atoms with Crippen LogP contribution in [0.5, 0.6) is 0 Å². The van der Waals surface area contributed by atoms with E-state index in [4.69, 9.17) is 7.52 Å². The Morgan fingerprint density at radius 3 is 1.05 bits per heavy atom. The Balaban J connectivity index is 3.18. The Bertz CT molecular complexity index is 386. The van der Waals surface area contributed by atoms with Crippen LogP contribution in [0.1, 0.15) is 0 Å². The van der Waals surface area contributed by atoms with Crippen molar-refractivity contribution >= 4 is 101 Å². The van der Waals surface area contributed by atoms with E-state index >= 15 is 0 Å². The molecule has 0 atom stereocenters. The summed E-state index contributed by atoms with van der Waals surface area (Å²) in [6.45, 7) is 0. The molecule has 0 rings (SSSR count). The second kappa shape index (κ2) is 14.1. The van der Waals surface area contributed by atoms with Gasteiger partial charge in [0.2, 0.25) is 0 Å². The Labute approximate surface area is 158 Å². The van der Waals surface area contributed by atoms with E-state index in [1.165, 1.54) is 59.0 Å². The molecule has 0 aliphatic carbocycles. The van der Waals surface area contributed by atoms with Crippen LogP contribution in [0.25, 0.3) is 0 Å². The van der Waals surface area contributed by atoms with Gasteiger partial charge in [0, 0.05) is 0 Å². The first-order valence-electron chi connectivity index (χ1n) is 3.20. The molecule has 8 nitrogen and oxygen atoms in total. The maximum absolute atomic E-state index is 10.3. The fourth-order valence-electron chi connectivity index (χ4n) is 0.184. The molecule has 0 radical (unpaired) electrons. The van der Waals surface area contributed by atoms with Gasteiger partial charge in [-0.2, -0.15) is 0 Å². The third-order valence-corrected chi connectivity index (χ3v) is 23.3. The van der Waals surface area contributed by atoms with Crippen molar-refractivity contribution < 1.29 is 60.3 Å². The van der Waals surface area contributed by atoms with Crippen LogP contribution in [-0.4, -0.2) is 7.52 Å². The van der Waals surface area contributed by atoms with Crippen molar-refractivity contribution in [1.82, 2.24) is 0 Å². The Kier molecular flexibility index (Phi) is 16.9. The molecule has 0 aromatic heterocycles. The van der Waals surface area contributed by atoms with Crippen molar-refractivity contribution in [3.63, 3.8) is 0 Å². The van der Waals surface area contributed by atoms with Crippen LogP contribution in [0.3, 0.4) is 0 Å². The molecule has 2 N–H and O–H groups in total. The van der Waals surface area contributed by atoms with Crippen molar-refractivity contribution in [3.05, 3.63) is 0 Å². The molecule has 122 valence electrons. The van der Waals surface area contributed by atoms with Gasteiger partial charge in [-0.05, 0) is 0 Å². The van der Waals surface area contributed by atoms with Crippen LogP contribution in [0.15, 0.2) is 0 Å². The van der Waals surface area contributed by atoms with Gasteiger partial charge in [-0.15, -0.1) is 0 Å². The first-order chi connectivity index (χ1) is 9.21. The second-order valence-electron chi connectivity index (χ2n) is 1.67.